The van der Waals surface area contributed by atoms with Crippen molar-refractivity contribution in [3.8, 4) is 11.3 Å². The van der Waals surface area contributed by atoms with Gasteiger partial charge >= 0.3 is 0 Å². The van der Waals surface area contributed by atoms with Gasteiger partial charge in [0.25, 0.3) is 0 Å². The van der Waals surface area contributed by atoms with Gasteiger partial charge in [0.05, 0.1) is 0 Å². The van der Waals surface area contributed by atoms with Crippen molar-refractivity contribution in [2.24, 2.45) is 0 Å². The molecule has 3 aromatic rings. The molecule has 0 aliphatic carbocycles. The lowest BCUT2D eigenvalue weighted by atomic mass is 10.1. The van der Waals surface area contributed by atoms with E-state index in [0.717, 1.165) is 34.7 Å². The summed E-state index contributed by atoms with van der Waals surface area (Å²) in [6, 6.07) is 9.72. The third-order valence-electron chi connectivity index (χ3n) is 2.90. The largest absolute Gasteiger partial charge is 0.296 e. The molecule has 0 unspecified atom stereocenters. The lowest BCUT2D eigenvalue weighted by Gasteiger charge is -1.97. The van der Waals surface area contributed by atoms with Crippen LogP contribution in [0.5, 0.6) is 0 Å². The number of benzene rings is 1. The van der Waals surface area contributed by atoms with Crippen LogP contribution in [0.3, 0.4) is 0 Å². The Bertz CT molecular complexity index is 715. The van der Waals surface area contributed by atoms with Gasteiger partial charge in [-0.2, -0.15) is 9.61 Å². The Morgan fingerprint density at radius 3 is 2.79 bits per heavy atom. The van der Waals surface area contributed by atoms with Crippen LogP contribution in [0.1, 0.15) is 28.8 Å². The molecule has 0 bridgehead atoms. The molecule has 96 valence electrons. The van der Waals surface area contributed by atoms with E-state index in [1.165, 1.54) is 0 Å². The van der Waals surface area contributed by atoms with Gasteiger partial charge in [0.15, 0.2) is 6.29 Å². The molecule has 0 aliphatic rings. The molecule has 4 nitrogen and oxygen atoms in total. The van der Waals surface area contributed by atoms with Crippen LogP contribution in [-0.2, 0) is 6.42 Å². The zero-order chi connectivity index (χ0) is 13.2. The number of imidazole rings is 1. The molecule has 19 heavy (non-hydrogen) atoms. The fourth-order valence-electron chi connectivity index (χ4n) is 2.03. The minimum absolute atomic E-state index is 0.528. The maximum absolute atomic E-state index is 11.3. The highest BCUT2D eigenvalue weighted by Crippen LogP contribution is 2.26. The van der Waals surface area contributed by atoms with Crippen molar-refractivity contribution in [2.75, 3.05) is 0 Å². The fourth-order valence-corrected chi connectivity index (χ4v) is 3.03. The van der Waals surface area contributed by atoms with E-state index in [9.17, 15) is 4.79 Å². The van der Waals surface area contributed by atoms with Crippen molar-refractivity contribution in [2.45, 2.75) is 19.8 Å². The monoisotopic (exact) mass is 271 g/mol. The molecule has 0 radical (unpaired) electrons. The number of carbonyl (C=O) groups excluding carboxylic acids is 1. The number of aldehydes is 1. The van der Waals surface area contributed by atoms with Crippen molar-refractivity contribution in [3.63, 3.8) is 0 Å². The molecular weight excluding hydrogens is 258 g/mol. The normalized spacial score (nSPS) is 11.0. The molecule has 3 rings (SSSR count). The molecule has 0 atom stereocenters. The first-order valence-corrected chi connectivity index (χ1v) is 7.04. The Morgan fingerprint density at radius 2 is 2.11 bits per heavy atom. The number of carbonyl (C=O) groups is 1. The summed E-state index contributed by atoms with van der Waals surface area (Å²) in [6.07, 6.45) is 2.80. The summed E-state index contributed by atoms with van der Waals surface area (Å²) >= 11 is 1.55. The molecule has 1 aromatic carbocycles. The number of rotatable bonds is 4. The molecule has 0 spiro atoms. The summed E-state index contributed by atoms with van der Waals surface area (Å²) in [5.74, 6) is 0. The van der Waals surface area contributed by atoms with Gasteiger partial charge in [-0.15, -0.1) is 0 Å². The van der Waals surface area contributed by atoms with Crippen LogP contribution in [0.15, 0.2) is 30.3 Å². The van der Waals surface area contributed by atoms with Crippen molar-refractivity contribution in [3.05, 3.63) is 41.0 Å². The lowest BCUT2D eigenvalue weighted by molar-refractivity contribution is 0.111. The fraction of sp³-hybridized carbons (Fsp3) is 0.214. The number of hydrogen-bond donors (Lipinski definition) is 0. The van der Waals surface area contributed by atoms with E-state index >= 15 is 0 Å². The average molecular weight is 271 g/mol. The number of hydrogen-bond acceptors (Lipinski definition) is 4. The topological polar surface area (TPSA) is 47.3 Å². The molecule has 0 saturated heterocycles. The second-order valence-corrected chi connectivity index (χ2v) is 5.31. The van der Waals surface area contributed by atoms with Gasteiger partial charge in [0.1, 0.15) is 16.4 Å². The summed E-state index contributed by atoms with van der Waals surface area (Å²) in [5.41, 5.74) is 2.18. The second-order valence-electron chi connectivity index (χ2n) is 4.27. The van der Waals surface area contributed by atoms with Gasteiger partial charge in [0.2, 0.25) is 4.96 Å². The zero-order valence-electron chi connectivity index (χ0n) is 10.5. The Hall–Kier alpha value is -2.01. The molecule has 0 saturated carbocycles. The Balaban J connectivity index is 2.16. The van der Waals surface area contributed by atoms with Gasteiger partial charge in [0, 0.05) is 12.0 Å². The van der Waals surface area contributed by atoms with Crippen LogP contribution < -0.4 is 0 Å². The quantitative estimate of drug-likeness (QED) is 0.684. The van der Waals surface area contributed by atoms with Gasteiger partial charge in [-0.05, 0) is 6.42 Å². The van der Waals surface area contributed by atoms with Crippen molar-refractivity contribution < 1.29 is 4.79 Å². The van der Waals surface area contributed by atoms with Crippen LogP contribution in [0.25, 0.3) is 16.2 Å². The SMILES string of the molecule is CCCc1nn2c(C=O)c(-c3ccccc3)nc2s1. The highest BCUT2D eigenvalue weighted by Gasteiger charge is 2.16. The first-order chi connectivity index (χ1) is 9.33. The van der Waals surface area contributed by atoms with Crippen molar-refractivity contribution >= 4 is 22.6 Å². The van der Waals surface area contributed by atoms with Gasteiger partial charge in [-0.1, -0.05) is 48.6 Å². The van der Waals surface area contributed by atoms with Gasteiger partial charge in [-0.3, -0.25) is 4.79 Å². The smallest absolute Gasteiger partial charge is 0.213 e. The first kappa shape index (κ1) is 12.0. The van der Waals surface area contributed by atoms with E-state index in [1.54, 1.807) is 15.9 Å². The molecule has 0 fully saturated rings. The van der Waals surface area contributed by atoms with Crippen LogP contribution in [0, 0.1) is 0 Å². The standard InChI is InChI=1S/C14H13N3OS/c1-2-6-12-16-17-11(9-18)13(15-14(17)19-12)10-7-4-3-5-8-10/h3-5,7-9H,2,6H2,1H3. The number of nitrogens with zero attached hydrogens (tertiary/aromatic N) is 3. The average Bonchev–Trinajstić information content (AvgIpc) is 2.96. The molecule has 2 aromatic heterocycles. The zero-order valence-corrected chi connectivity index (χ0v) is 11.4. The summed E-state index contributed by atoms with van der Waals surface area (Å²) in [5, 5.41) is 5.48. The maximum atomic E-state index is 11.3. The summed E-state index contributed by atoms with van der Waals surface area (Å²) in [7, 11) is 0. The van der Waals surface area contributed by atoms with Crippen molar-refractivity contribution in [1.82, 2.24) is 14.6 Å². The molecular formula is C14H13N3OS. The van der Waals surface area contributed by atoms with Crippen LogP contribution in [0.4, 0.5) is 0 Å². The summed E-state index contributed by atoms with van der Waals surface area (Å²) < 4.78 is 1.66. The molecule has 0 N–H and O–H groups in total. The van der Waals surface area contributed by atoms with E-state index < -0.39 is 0 Å². The lowest BCUT2D eigenvalue weighted by Crippen LogP contribution is -1.95. The second kappa shape index (κ2) is 4.93. The van der Waals surface area contributed by atoms with Gasteiger partial charge in [-0.25, -0.2) is 4.98 Å². The minimum Gasteiger partial charge on any atom is -0.296 e. The third-order valence-corrected chi connectivity index (χ3v) is 3.87. The first-order valence-electron chi connectivity index (χ1n) is 6.22. The summed E-state index contributed by atoms with van der Waals surface area (Å²) in [4.78, 5) is 16.7. The van der Waals surface area contributed by atoms with Crippen LogP contribution in [0.2, 0.25) is 0 Å². The number of aromatic nitrogens is 3. The van der Waals surface area contributed by atoms with Crippen LogP contribution >= 0.6 is 11.3 Å². The number of fused-ring (bicyclic) bond motifs is 1. The Labute approximate surface area is 114 Å². The summed E-state index contributed by atoms with van der Waals surface area (Å²) in [6.45, 7) is 2.11. The predicted octanol–water partition coefficient (Wildman–Crippen LogP) is 3.22. The highest BCUT2D eigenvalue weighted by atomic mass is 32.1. The molecule has 5 heteroatoms. The van der Waals surface area contributed by atoms with E-state index in [2.05, 4.69) is 17.0 Å². The minimum atomic E-state index is 0.528. The van der Waals surface area contributed by atoms with E-state index in [1.807, 2.05) is 30.3 Å². The maximum Gasteiger partial charge on any atom is 0.213 e. The third kappa shape index (κ3) is 2.06. The highest BCUT2D eigenvalue weighted by molar-refractivity contribution is 7.16. The Kier molecular flexibility index (Phi) is 3.13. The number of aryl methyl sites for hydroxylation is 1. The van der Waals surface area contributed by atoms with Crippen molar-refractivity contribution in [1.29, 1.82) is 0 Å². The predicted molar refractivity (Wildman–Crippen MR) is 75.7 cm³/mol. The van der Waals surface area contributed by atoms with Crippen LogP contribution in [-0.4, -0.2) is 20.9 Å². The van der Waals surface area contributed by atoms with E-state index in [0.29, 0.717) is 11.4 Å². The Morgan fingerprint density at radius 1 is 1.32 bits per heavy atom. The molecule has 0 amide bonds. The molecule has 2 heterocycles. The van der Waals surface area contributed by atoms with Gasteiger partial charge < -0.3 is 0 Å². The van der Waals surface area contributed by atoms with E-state index in [-0.39, 0.29) is 0 Å². The van der Waals surface area contributed by atoms with E-state index in [4.69, 9.17) is 0 Å². The molecule has 0 aliphatic heterocycles.